The number of benzene rings is 2. The minimum absolute atomic E-state index is 0.0924. The number of carbonyl (C=O) groups is 1. The van der Waals surface area contributed by atoms with E-state index in [-0.39, 0.29) is 11.8 Å². The van der Waals surface area contributed by atoms with Crippen LogP contribution in [-0.2, 0) is 13.0 Å². The van der Waals surface area contributed by atoms with Crippen molar-refractivity contribution in [2.24, 2.45) is 0 Å². The van der Waals surface area contributed by atoms with Crippen molar-refractivity contribution in [2.75, 3.05) is 0 Å². The molecule has 1 atom stereocenters. The maximum absolute atomic E-state index is 13.1. The molecular formula is C23H19ClN3O+. The lowest BCUT2D eigenvalue weighted by Crippen LogP contribution is -2.33. The summed E-state index contributed by atoms with van der Waals surface area (Å²) in [4.78, 5) is 13.1. The lowest BCUT2D eigenvalue weighted by molar-refractivity contribution is -0.687. The van der Waals surface area contributed by atoms with Crippen molar-refractivity contribution >= 4 is 28.3 Å². The zero-order valence-electron chi connectivity index (χ0n) is 15.3. The maximum Gasteiger partial charge on any atom is 0.187 e. The van der Waals surface area contributed by atoms with E-state index in [1.54, 1.807) is 6.07 Å². The van der Waals surface area contributed by atoms with Gasteiger partial charge in [0.2, 0.25) is 0 Å². The molecule has 0 bridgehead atoms. The summed E-state index contributed by atoms with van der Waals surface area (Å²) in [6.07, 6.45) is 7.58. The highest BCUT2D eigenvalue weighted by molar-refractivity contribution is 6.31. The minimum atomic E-state index is -0.284. The van der Waals surface area contributed by atoms with Crippen LogP contribution in [0.5, 0.6) is 0 Å². The second-order valence-electron chi connectivity index (χ2n) is 7.25. The van der Waals surface area contributed by atoms with E-state index in [2.05, 4.69) is 28.0 Å². The van der Waals surface area contributed by atoms with Gasteiger partial charge in [-0.25, -0.2) is 0 Å². The molecule has 0 N–H and O–H groups in total. The number of fused-ring (bicyclic) bond motifs is 2. The molecule has 0 aliphatic heterocycles. The van der Waals surface area contributed by atoms with Crippen LogP contribution in [0.15, 0.2) is 73.2 Å². The van der Waals surface area contributed by atoms with Crippen LogP contribution in [-0.4, -0.2) is 15.6 Å². The van der Waals surface area contributed by atoms with E-state index in [0.29, 0.717) is 5.02 Å². The van der Waals surface area contributed by atoms with Crippen LogP contribution >= 0.6 is 11.6 Å². The van der Waals surface area contributed by atoms with Crippen molar-refractivity contribution in [1.82, 2.24) is 9.78 Å². The van der Waals surface area contributed by atoms with Gasteiger partial charge in [0.05, 0.1) is 17.1 Å². The van der Waals surface area contributed by atoms with Crippen LogP contribution < -0.4 is 4.57 Å². The third-order valence-electron chi connectivity index (χ3n) is 5.42. The largest absolute Gasteiger partial charge is 0.292 e. The summed E-state index contributed by atoms with van der Waals surface area (Å²) in [5.41, 5.74) is 4.02. The van der Waals surface area contributed by atoms with Gasteiger partial charge >= 0.3 is 0 Å². The van der Waals surface area contributed by atoms with Crippen LogP contribution in [0.4, 0.5) is 0 Å². The van der Waals surface area contributed by atoms with Gasteiger partial charge in [0.25, 0.3) is 0 Å². The molecule has 2 aromatic heterocycles. The summed E-state index contributed by atoms with van der Waals surface area (Å²) in [7, 11) is 0. The number of hydrogen-bond donors (Lipinski definition) is 0. The Balaban J connectivity index is 1.48. The fourth-order valence-corrected chi connectivity index (χ4v) is 4.19. The van der Waals surface area contributed by atoms with Crippen molar-refractivity contribution in [1.29, 1.82) is 0 Å². The van der Waals surface area contributed by atoms with Gasteiger partial charge in [-0.3, -0.25) is 9.48 Å². The number of halogens is 1. The zero-order chi connectivity index (χ0) is 19.1. The zero-order valence-corrected chi connectivity index (χ0v) is 16.0. The Morgan fingerprint density at radius 2 is 2.00 bits per heavy atom. The summed E-state index contributed by atoms with van der Waals surface area (Å²) < 4.78 is 4.01. The third kappa shape index (κ3) is 3.00. The molecule has 0 radical (unpaired) electrons. The Labute approximate surface area is 168 Å². The Kier molecular flexibility index (Phi) is 4.21. The number of ketones is 1. The third-order valence-corrected chi connectivity index (χ3v) is 5.66. The summed E-state index contributed by atoms with van der Waals surface area (Å²) >= 11 is 6.12. The Hall–Kier alpha value is -2.98. The molecular weight excluding hydrogens is 370 g/mol. The molecule has 0 saturated heterocycles. The van der Waals surface area contributed by atoms with Crippen molar-refractivity contribution < 1.29 is 9.36 Å². The van der Waals surface area contributed by atoms with Crippen LogP contribution in [0.2, 0.25) is 5.02 Å². The van der Waals surface area contributed by atoms with Crippen LogP contribution in [0.25, 0.3) is 10.9 Å². The average molecular weight is 389 g/mol. The van der Waals surface area contributed by atoms with Gasteiger partial charge in [-0.1, -0.05) is 48.0 Å². The van der Waals surface area contributed by atoms with E-state index >= 15 is 0 Å². The van der Waals surface area contributed by atoms with Gasteiger partial charge in [0.15, 0.2) is 24.7 Å². The molecule has 0 amide bonds. The maximum atomic E-state index is 13.1. The van der Waals surface area contributed by atoms with Gasteiger partial charge in [-0.15, -0.1) is 0 Å². The molecule has 5 rings (SSSR count). The van der Waals surface area contributed by atoms with Gasteiger partial charge in [0, 0.05) is 22.2 Å². The van der Waals surface area contributed by atoms with E-state index in [1.807, 2.05) is 53.5 Å². The highest BCUT2D eigenvalue weighted by Gasteiger charge is 2.30. The van der Waals surface area contributed by atoms with E-state index < -0.39 is 0 Å². The number of nitrogens with zero attached hydrogens (tertiary/aromatic N) is 3. The summed E-state index contributed by atoms with van der Waals surface area (Å²) in [6, 6.07) is 17.7. The first kappa shape index (κ1) is 17.1. The fraction of sp³-hybridized carbons (Fsp3) is 0.174. The van der Waals surface area contributed by atoms with Crippen molar-refractivity contribution in [2.45, 2.75) is 25.4 Å². The Bertz CT molecular complexity index is 1180. The highest BCUT2D eigenvalue weighted by Crippen LogP contribution is 2.32. The number of pyridine rings is 1. The Morgan fingerprint density at radius 3 is 2.86 bits per heavy atom. The first-order valence-corrected chi connectivity index (χ1v) is 9.80. The SMILES string of the molecule is O=C1c2cc(Cl)ccc2CCC1n1ncc2c[n+](Cc3ccccc3)ccc21. The van der Waals surface area contributed by atoms with Crippen LogP contribution in [0.1, 0.15) is 33.9 Å². The van der Waals surface area contributed by atoms with Gasteiger partial charge in [0.1, 0.15) is 6.04 Å². The molecule has 0 fully saturated rings. The van der Waals surface area contributed by atoms with E-state index in [4.69, 9.17) is 11.6 Å². The summed E-state index contributed by atoms with van der Waals surface area (Å²) in [5, 5.41) is 6.19. The monoisotopic (exact) mass is 388 g/mol. The molecule has 138 valence electrons. The molecule has 1 unspecified atom stereocenters. The molecule has 1 aliphatic rings. The van der Waals surface area contributed by atoms with Crippen LogP contribution in [0, 0.1) is 0 Å². The van der Waals surface area contributed by atoms with Crippen molar-refractivity contribution in [3.63, 3.8) is 0 Å². The van der Waals surface area contributed by atoms with Crippen molar-refractivity contribution in [3.8, 4) is 0 Å². The first-order valence-electron chi connectivity index (χ1n) is 9.42. The quantitative estimate of drug-likeness (QED) is 0.488. The number of Topliss-reactive ketones (excluding diaryl/α,β-unsaturated/α-hetero) is 1. The first-order chi connectivity index (χ1) is 13.7. The lowest BCUT2D eigenvalue weighted by Gasteiger charge is -2.24. The standard InChI is InChI=1S/C23H19ClN3O/c24-19-8-6-17-7-9-22(23(28)20(17)12-19)27-21-10-11-26(15-18(21)13-25-27)14-16-4-2-1-3-5-16/h1-6,8,10-13,15,22H,7,9,14H2/q+1. The molecule has 4 aromatic rings. The second kappa shape index (κ2) is 6.88. The molecule has 0 spiro atoms. The highest BCUT2D eigenvalue weighted by atomic mass is 35.5. The van der Waals surface area contributed by atoms with Crippen LogP contribution in [0.3, 0.4) is 0 Å². The molecule has 4 nitrogen and oxygen atoms in total. The minimum Gasteiger partial charge on any atom is -0.292 e. The lowest BCUT2D eigenvalue weighted by atomic mass is 9.87. The number of carbonyl (C=O) groups excluding carboxylic acids is 1. The normalized spacial score (nSPS) is 16.3. The topological polar surface area (TPSA) is 38.8 Å². The molecule has 5 heteroatoms. The second-order valence-corrected chi connectivity index (χ2v) is 7.69. The van der Waals surface area contributed by atoms with E-state index in [1.165, 1.54) is 5.56 Å². The van der Waals surface area contributed by atoms with E-state index in [9.17, 15) is 4.79 Å². The molecule has 0 saturated carbocycles. The number of rotatable bonds is 3. The smallest absolute Gasteiger partial charge is 0.187 e. The molecule has 2 aromatic carbocycles. The molecule has 28 heavy (non-hydrogen) atoms. The predicted octanol–water partition coefficient (Wildman–Crippen LogP) is 4.40. The number of aromatic nitrogens is 3. The van der Waals surface area contributed by atoms with Gasteiger partial charge < -0.3 is 0 Å². The van der Waals surface area contributed by atoms with E-state index in [0.717, 1.165) is 41.4 Å². The average Bonchev–Trinajstić information content (AvgIpc) is 3.12. The Morgan fingerprint density at radius 1 is 1.14 bits per heavy atom. The van der Waals surface area contributed by atoms with Gasteiger partial charge in [-0.2, -0.15) is 9.67 Å². The molecule has 2 heterocycles. The number of aryl methyl sites for hydroxylation is 1. The number of hydrogen-bond acceptors (Lipinski definition) is 2. The summed E-state index contributed by atoms with van der Waals surface area (Å²) in [5.74, 6) is 0.0924. The predicted molar refractivity (Wildman–Crippen MR) is 109 cm³/mol. The molecule has 1 aliphatic carbocycles. The van der Waals surface area contributed by atoms with Gasteiger partial charge in [-0.05, 0) is 30.5 Å². The summed E-state index contributed by atoms with van der Waals surface area (Å²) in [6.45, 7) is 0.802. The van der Waals surface area contributed by atoms with Crippen molar-refractivity contribution in [3.05, 3.63) is 94.9 Å². The fourth-order valence-electron chi connectivity index (χ4n) is 4.02.